The molecule has 0 saturated heterocycles. The van der Waals surface area contributed by atoms with Crippen LogP contribution in [0.15, 0.2) is 42.6 Å². The SMILES string of the molecule is COc1cc2nccc(Oc3ccc(CC(=S)CC(=O)CCCC(C)C)c(F)c3)c2cc1OC. The Labute approximate surface area is 205 Å². The summed E-state index contributed by atoms with van der Waals surface area (Å²) in [5.74, 6) is 2.22. The molecule has 0 fully saturated rings. The Morgan fingerprint density at radius 3 is 2.47 bits per heavy atom. The summed E-state index contributed by atoms with van der Waals surface area (Å²) in [6, 6.07) is 9.91. The molecule has 0 radical (unpaired) electrons. The van der Waals surface area contributed by atoms with E-state index in [0.29, 0.717) is 56.7 Å². The highest BCUT2D eigenvalue weighted by atomic mass is 32.1. The fourth-order valence-electron chi connectivity index (χ4n) is 3.69. The highest BCUT2D eigenvalue weighted by Crippen LogP contribution is 2.37. The number of thiocarbonyl (C=S) groups is 1. The van der Waals surface area contributed by atoms with Gasteiger partial charge in [-0.25, -0.2) is 4.39 Å². The number of benzene rings is 2. The van der Waals surface area contributed by atoms with Crippen LogP contribution >= 0.6 is 12.2 Å². The molecule has 0 spiro atoms. The van der Waals surface area contributed by atoms with Gasteiger partial charge in [0.25, 0.3) is 0 Å². The average molecular weight is 484 g/mol. The van der Waals surface area contributed by atoms with Crippen molar-refractivity contribution in [3.05, 3.63) is 54.0 Å². The van der Waals surface area contributed by atoms with Crippen LogP contribution in [-0.2, 0) is 11.2 Å². The van der Waals surface area contributed by atoms with Gasteiger partial charge in [-0.05, 0) is 36.1 Å². The van der Waals surface area contributed by atoms with Crippen molar-refractivity contribution in [3.8, 4) is 23.0 Å². The van der Waals surface area contributed by atoms with Gasteiger partial charge in [0, 0.05) is 47.8 Å². The van der Waals surface area contributed by atoms with Gasteiger partial charge in [-0.1, -0.05) is 38.6 Å². The molecule has 0 amide bonds. The number of rotatable bonds is 12. The summed E-state index contributed by atoms with van der Waals surface area (Å²) in [6.45, 7) is 4.27. The number of hydrogen-bond donors (Lipinski definition) is 0. The molecule has 34 heavy (non-hydrogen) atoms. The molecule has 0 aliphatic rings. The van der Waals surface area contributed by atoms with E-state index in [2.05, 4.69) is 18.8 Å². The molecule has 7 heteroatoms. The first-order valence-electron chi connectivity index (χ1n) is 11.3. The van der Waals surface area contributed by atoms with E-state index in [4.69, 9.17) is 26.4 Å². The Balaban J connectivity index is 1.69. The second kappa shape index (κ2) is 11.9. The Morgan fingerprint density at radius 1 is 1.06 bits per heavy atom. The molecular weight excluding hydrogens is 453 g/mol. The first-order valence-corrected chi connectivity index (χ1v) is 11.7. The molecule has 1 heterocycles. The molecule has 0 saturated carbocycles. The maximum absolute atomic E-state index is 14.8. The van der Waals surface area contributed by atoms with Gasteiger partial charge in [-0.3, -0.25) is 9.78 Å². The quantitative estimate of drug-likeness (QED) is 0.262. The highest BCUT2D eigenvalue weighted by Gasteiger charge is 2.14. The molecule has 3 rings (SSSR count). The summed E-state index contributed by atoms with van der Waals surface area (Å²) in [5.41, 5.74) is 1.11. The number of aromatic nitrogens is 1. The van der Waals surface area contributed by atoms with Crippen LogP contribution in [0.2, 0.25) is 0 Å². The van der Waals surface area contributed by atoms with Gasteiger partial charge in [0.15, 0.2) is 11.5 Å². The molecule has 180 valence electrons. The molecule has 0 aliphatic carbocycles. The lowest BCUT2D eigenvalue weighted by molar-refractivity contribution is -0.118. The number of ether oxygens (including phenoxy) is 3. The predicted octanol–water partition coefficient (Wildman–Crippen LogP) is 6.88. The number of fused-ring (bicyclic) bond motifs is 1. The topological polar surface area (TPSA) is 57.7 Å². The standard InChI is InChI=1S/C27H30FNO4S/c1-17(2)6-5-7-19(30)13-21(34)12-18-8-9-20(14-23(18)28)33-25-10-11-29-24-16-27(32-4)26(31-3)15-22(24)25/h8-11,14-17H,5-7,12-13H2,1-4H3. The number of nitrogens with zero attached hydrogens (tertiary/aromatic N) is 1. The van der Waals surface area contributed by atoms with Crippen molar-refractivity contribution >= 4 is 33.8 Å². The van der Waals surface area contributed by atoms with E-state index >= 15 is 0 Å². The minimum Gasteiger partial charge on any atom is -0.493 e. The fraction of sp³-hybridized carbons (Fsp3) is 0.370. The molecule has 0 aliphatic heterocycles. The number of pyridine rings is 1. The Morgan fingerprint density at radius 2 is 1.79 bits per heavy atom. The summed E-state index contributed by atoms with van der Waals surface area (Å²) >= 11 is 5.36. The zero-order chi connectivity index (χ0) is 24.7. The number of carbonyl (C=O) groups is 1. The Bertz CT molecular complexity index is 1180. The average Bonchev–Trinajstić information content (AvgIpc) is 2.79. The first kappa shape index (κ1) is 25.6. The van der Waals surface area contributed by atoms with Crippen LogP contribution in [0.1, 0.15) is 45.1 Å². The number of Topliss-reactive ketones (excluding diaryl/α,β-unsaturated/α-hetero) is 1. The zero-order valence-corrected chi connectivity index (χ0v) is 20.8. The minimum atomic E-state index is -0.426. The second-order valence-corrected chi connectivity index (χ2v) is 9.18. The molecule has 3 aromatic rings. The van der Waals surface area contributed by atoms with Crippen molar-refractivity contribution in [2.45, 2.75) is 46.0 Å². The molecule has 0 atom stereocenters. The van der Waals surface area contributed by atoms with Crippen molar-refractivity contribution in [3.63, 3.8) is 0 Å². The summed E-state index contributed by atoms with van der Waals surface area (Å²) < 4.78 is 31.5. The molecule has 0 N–H and O–H groups in total. The second-order valence-electron chi connectivity index (χ2n) is 8.61. The van der Waals surface area contributed by atoms with E-state index in [1.54, 1.807) is 50.7 Å². The van der Waals surface area contributed by atoms with Crippen LogP contribution in [-0.4, -0.2) is 29.9 Å². The summed E-state index contributed by atoms with van der Waals surface area (Å²) in [7, 11) is 3.11. The minimum absolute atomic E-state index is 0.114. The number of carbonyl (C=O) groups excluding carboxylic acids is 1. The van der Waals surface area contributed by atoms with Gasteiger partial charge in [0.1, 0.15) is 23.1 Å². The molecule has 5 nitrogen and oxygen atoms in total. The number of methoxy groups -OCH3 is 2. The van der Waals surface area contributed by atoms with Gasteiger partial charge in [-0.15, -0.1) is 0 Å². The van der Waals surface area contributed by atoms with E-state index in [9.17, 15) is 9.18 Å². The largest absolute Gasteiger partial charge is 0.493 e. The van der Waals surface area contributed by atoms with Crippen LogP contribution in [0.4, 0.5) is 4.39 Å². The third-order valence-electron chi connectivity index (χ3n) is 5.48. The van der Waals surface area contributed by atoms with Crippen LogP contribution in [0.25, 0.3) is 10.9 Å². The van der Waals surface area contributed by atoms with Crippen molar-refractivity contribution < 1.29 is 23.4 Å². The lowest BCUT2D eigenvalue weighted by atomic mass is 10.0. The Hall–Kier alpha value is -3.06. The summed E-state index contributed by atoms with van der Waals surface area (Å²) in [5, 5.41) is 0.710. The van der Waals surface area contributed by atoms with Crippen molar-refractivity contribution in [1.82, 2.24) is 4.98 Å². The lowest BCUT2D eigenvalue weighted by Crippen LogP contribution is -2.09. The lowest BCUT2D eigenvalue weighted by Gasteiger charge is -2.13. The van der Waals surface area contributed by atoms with Crippen molar-refractivity contribution in [2.75, 3.05) is 14.2 Å². The molecule has 2 aromatic carbocycles. The van der Waals surface area contributed by atoms with Crippen LogP contribution in [0.3, 0.4) is 0 Å². The number of hydrogen-bond acceptors (Lipinski definition) is 6. The highest BCUT2D eigenvalue weighted by molar-refractivity contribution is 7.80. The van der Waals surface area contributed by atoms with Gasteiger partial charge in [0.05, 0.1) is 19.7 Å². The van der Waals surface area contributed by atoms with Gasteiger partial charge in [0.2, 0.25) is 0 Å². The van der Waals surface area contributed by atoms with Crippen LogP contribution in [0, 0.1) is 11.7 Å². The number of halogens is 1. The maximum atomic E-state index is 14.8. The normalized spacial score (nSPS) is 11.0. The molecule has 1 aromatic heterocycles. The van der Waals surface area contributed by atoms with Crippen molar-refractivity contribution in [1.29, 1.82) is 0 Å². The van der Waals surface area contributed by atoms with Gasteiger partial charge < -0.3 is 14.2 Å². The molecular formula is C27H30FNO4S. The van der Waals surface area contributed by atoms with Gasteiger partial charge in [-0.2, -0.15) is 0 Å². The smallest absolute Gasteiger partial charge is 0.162 e. The van der Waals surface area contributed by atoms with E-state index in [1.165, 1.54) is 6.07 Å². The maximum Gasteiger partial charge on any atom is 0.162 e. The summed E-state index contributed by atoms with van der Waals surface area (Å²) in [4.78, 5) is 17.0. The van der Waals surface area contributed by atoms with E-state index in [0.717, 1.165) is 12.8 Å². The number of ketones is 1. The third kappa shape index (κ3) is 6.73. The molecule has 0 bridgehead atoms. The monoisotopic (exact) mass is 483 g/mol. The molecule has 0 unspecified atom stereocenters. The van der Waals surface area contributed by atoms with E-state index < -0.39 is 5.82 Å². The predicted molar refractivity (Wildman–Crippen MR) is 136 cm³/mol. The Kier molecular flexibility index (Phi) is 8.93. The van der Waals surface area contributed by atoms with Crippen molar-refractivity contribution in [2.24, 2.45) is 5.92 Å². The zero-order valence-electron chi connectivity index (χ0n) is 20.0. The van der Waals surface area contributed by atoms with Crippen LogP contribution in [0.5, 0.6) is 23.0 Å². The van der Waals surface area contributed by atoms with E-state index in [-0.39, 0.29) is 18.6 Å². The summed E-state index contributed by atoms with van der Waals surface area (Å²) in [6.07, 6.45) is 4.46. The first-order chi connectivity index (χ1) is 16.3. The fourth-order valence-corrected chi connectivity index (χ4v) is 4.01. The third-order valence-corrected chi connectivity index (χ3v) is 5.77. The van der Waals surface area contributed by atoms with E-state index in [1.807, 2.05) is 0 Å². The van der Waals surface area contributed by atoms with Crippen LogP contribution < -0.4 is 14.2 Å². The van der Waals surface area contributed by atoms with Gasteiger partial charge >= 0.3 is 0 Å².